The number of nitrogens with one attached hydrogen (secondary N) is 1. The molecule has 1 amide bonds. The molecule has 0 bridgehead atoms. The summed E-state index contributed by atoms with van der Waals surface area (Å²) in [5.74, 6) is 0.364. The Morgan fingerprint density at radius 3 is 2.32 bits per heavy atom. The normalized spacial score (nSPS) is 17.2. The van der Waals surface area contributed by atoms with Crippen molar-refractivity contribution >= 4 is 21.6 Å². The van der Waals surface area contributed by atoms with Gasteiger partial charge in [-0.1, -0.05) is 0 Å². The van der Waals surface area contributed by atoms with Crippen LogP contribution < -0.4 is 5.32 Å². The van der Waals surface area contributed by atoms with Crippen molar-refractivity contribution in [2.24, 2.45) is 5.92 Å². The Morgan fingerprint density at radius 1 is 1.25 bits per heavy atom. The molecule has 1 heterocycles. The number of anilines is 1. The molecule has 8 heteroatoms. The highest BCUT2D eigenvalue weighted by atomic mass is 32.2. The van der Waals surface area contributed by atoms with Crippen molar-refractivity contribution in [1.82, 2.24) is 4.90 Å². The number of benzene rings is 1. The van der Waals surface area contributed by atoms with Gasteiger partial charge in [0.2, 0.25) is 0 Å². The van der Waals surface area contributed by atoms with Crippen molar-refractivity contribution < 1.29 is 23.1 Å². The molecule has 1 aliphatic heterocycles. The number of aliphatic hydroxyl groups is 1. The first-order chi connectivity index (χ1) is 12.9. The van der Waals surface area contributed by atoms with Gasteiger partial charge in [-0.25, -0.2) is 13.2 Å². The van der Waals surface area contributed by atoms with Gasteiger partial charge in [-0.15, -0.1) is 0 Å². The first-order valence-corrected chi connectivity index (χ1v) is 11.5. The SMILES string of the molecule is CC(C)(C)OC(=O)N1CCC(CC(O)CNc2ccc(S(C)(=O)=O)cc2)CC1. The van der Waals surface area contributed by atoms with Gasteiger partial charge in [0.1, 0.15) is 5.60 Å². The van der Waals surface area contributed by atoms with E-state index in [4.69, 9.17) is 4.74 Å². The molecule has 1 aliphatic rings. The standard InChI is InChI=1S/C20H32N2O5S/c1-20(2,3)27-19(24)22-11-9-15(10-12-22)13-17(23)14-21-16-5-7-18(8-6-16)28(4,25)26/h5-8,15,17,21,23H,9-14H2,1-4H3. The fourth-order valence-electron chi connectivity index (χ4n) is 3.20. The molecular formula is C20H32N2O5S. The summed E-state index contributed by atoms with van der Waals surface area (Å²) < 4.78 is 28.3. The van der Waals surface area contributed by atoms with Gasteiger partial charge in [0.05, 0.1) is 11.0 Å². The molecule has 0 spiro atoms. The predicted octanol–water partition coefficient (Wildman–Crippen LogP) is 2.90. The highest BCUT2D eigenvalue weighted by molar-refractivity contribution is 7.90. The second-order valence-corrected chi connectivity index (χ2v) is 10.5. The van der Waals surface area contributed by atoms with Crippen LogP contribution in [0.3, 0.4) is 0 Å². The molecule has 1 aromatic rings. The van der Waals surface area contributed by atoms with E-state index in [9.17, 15) is 18.3 Å². The fourth-order valence-corrected chi connectivity index (χ4v) is 3.83. The summed E-state index contributed by atoms with van der Waals surface area (Å²) in [5, 5.41) is 13.4. The molecule has 158 valence electrons. The summed E-state index contributed by atoms with van der Waals surface area (Å²) in [4.78, 5) is 14.1. The molecule has 1 atom stereocenters. The Labute approximate surface area is 168 Å². The first-order valence-electron chi connectivity index (χ1n) is 9.64. The Kier molecular flexibility index (Phi) is 7.33. The van der Waals surface area contributed by atoms with Gasteiger partial charge in [-0.3, -0.25) is 0 Å². The number of aliphatic hydroxyl groups excluding tert-OH is 1. The Bertz CT molecular complexity index is 748. The number of hydrogen-bond donors (Lipinski definition) is 2. The van der Waals surface area contributed by atoms with Gasteiger partial charge in [-0.05, 0) is 70.2 Å². The lowest BCUT2D eigenvalue weighted by Crippen LogP contribution is -2.42. The highest BCUT2D eigenvalue weighted by Gasteiger charge is 2.27. The van der Waals surface area contributed by atoms with Crippen molar-refractivity contribution in [3.8, 4) is 0 Å². The lowest BCUT2D eigenvalue weighted by molar-refractivity contribution is 0.0164. The van der Waals surface area contributed by atoms with Crippen LogP contribution in [0.4, 0.5) is 10.5 Å². The molecular weight excluding hydrogens is 380 g/mol. The van der Waals surface area contributed by atoms with Crippen LogP contribution in [0.1, 0.15) is 40.0 Å². The van der Waals surface area contributed by atoms with Crippen molar-refractivity contribution in [2.45, 2.75) is 56.6 Å². The lowest BCUT2D eigenvalue weighted by Gasteiger charge is -2.34. The van der Waals surface area contributed by atoms with Crippen LogP contribution in [0, 0.1) is 5.92 Å². The number of carbonyl (C=O) groups excluding carboxylic acids is 1. The molecule has 2 N–H and O–H groups in total. The van der Waals surface area contributed by atoms with E-state index in [-0.39, 0.29) is 11.0 Å². The Balaban J connectivity index is 1.73. The molecule has 1 fully saturated rings. The molecule has 0 aliphatic carbocycles. The molecule has 1 unspecified atom stereocenters. The second kappa shape index (κ2) is 9.13. The minimum Gasteiger partial charge on any atom is -0.444 e. The van der Waals surface area contributed by atoms with Crippen LogP contribution >= 0.6 is 0 Å². The minimum absolute atomic E-state index is 0.272. The first kappa shape index (κ1) is 22.5. The molecule has 0 saturated carbocycles. The summed E-state index contributed by atoms with van der Waals surface area (Å²) >= 11 is 0. The van der Waals surface area contributed by atoms with Gasteiger partial charge in [0.25, 0.3) is 0 Å². The van der Waals surface area contributed by atoms with Crippen LogP contribution in [0.15, 0.2) is 29.2 Å². The fraction of sp³-hybridized carbons (Fsp3) is 0.650. The highest BCUT2D eigenvalue weighted by Crippen LogP contribution is 2.24. The molecule has 0 radical (unpaired) electrons. The number of carbonyl (C=O) groups is 1. The van der Waals surface area contributed by atoms with Gasteiger partial charge in [0.15, 0.2) is 9.84 Å². The summed E-state index contributed by atoms with van der Waals surface area (Å²) in [6.45, 7) is 7.26. The van der Waals surface area contributed by atoms with Gasteiger partial charge in [0, 0.05) is 31.6 Å². The van der Waals surface area contributed by atoms with Crippen LogP contribution in [0.25, 0.3) is 0 Å². The number of piperidine rings is 1. The minimum atomic E-state index is -3.21. The molecule has 1 saturated heterocycles. The second-order valence-electron chi connectivity index (χ2n) is 8.48. The van der Waals surface area contributed by atoms with Crippen molar-refractivity contribution in [3.05, 3.63) is 24.3 Å². The number of hydrogen-bond acceptors (Lipinski definition) is 6. The number of amides is 1. The number of ether oxygens (including phenoxy) is 1. The van der Waals surface area contributed by atoms with E-state index in [1.807, 2.05) is 20.8 Å². The molecule has 28 heavy (non-hydrogen) atoms. The van der Waals surface area contributed by atoms with Crippen LogP contribution in [0.2, 0.25) is 0 Å². The van der Waals surface area contributed by atoms with Crippen molar-refractivity contribution in [3.63, 3.8) is 0 Å². The third-order valence-electron chi connectivity index (χ3n) is 4.70. The van der Waals surface area contributed by atoms with Crippen LogP contribution in [-0.4, -0.2) is 62.1 Å². The average molecular weight is 413 g/mol. The third kappa shape index (κ3) is 7.31. The van der Waals surface area contributed by atoms with Crippen LogP contribution in [0.5, 0.6) is 0 Å². The monoisotopic (exact) mass is 412 g/mol. The summed E-state index contributed by atoms with van der Waals surface area (Å²) in [5.41, 5.74) is 0.279. The van der Waals surface area contributed by atoms with Crippen molar-refractivity contribution in [2.75, 3.05) is 31.2 Å². The topological polar surface area (TPSA) is 95.9 Å². The van der Waals surface area contributed by atoms with E-state index in [2.05, 4.69) is 5.32 Å². The maximum atomic E-state index is 12.1. The molecule has 2 rings (SSSR count). The summed E-state index contributed by atoms with van der Waals surface area (Å²) in [7, 11) is -3.21. The van der Waals surface area contributed by atoms with E-state index < -0.39 is 21.5 Å². The Hall–Kier alpha value is -1.80. The van der Waals surface area contributed by atoms with Crippen LogP contribution in [-0.2, 0) is 14.6 Å². The van der Waals surface area contributed by atoms with Gasteiger partial charge < -0.3 is 20.1 Å². The van der Waals surface area contributed by atoms with E-state index in [0.29, 0.717) is 32.0 Å². The van der Waals surface area contributed by atoms with E-state index in [1.165, 1.54) is 6.26 Å². The van der Waals surface area contributed by atoms with E-state index in [1.54, 1.807) is 29.2 Å². The van der Waals surface area contributed by atoms with E-state index in [0.717, 1.165) is 18.5 Å². The maximum absolute atomic E-state index is 12.1. The molecule has 1 aromatic carbocycles. The number of sulfone groups is 1. The van der Waals surface area contributed by atoms with E-state index >= 15 is 0 Å². The van der Waals surface area contributed by atoms with Crippen molar-refractivity contribution in [1.29, 1.82) is 0 Å². The molecule has 0 aromatic heterocycles. The Morgan fingerprint density at radius 2 is 1.82 bits per heavy atom. The zero-order valence-corrected chi connectivity index (χ0v) is 18.0. The zero-order valence-electron chi connectivity index (χ0n) is 17.1. The maximum Gasteiger partial charge on any atom is 0.410 e. The quantitative estimate of drug-likeness (QED) is 0.746. The smallest absolute Gasteiger partial charge is 0.410 e. The number of nitrogens with zero attached hydrogens (tertiary/aromatic N) is 1. The average Bonchev–Trinajstić information content (AvgIpc) is 2.59. The lowest BCUT2D eigenvalue weighted by atomic mass is 9.91. The number of rotatable bonds is 6. The number of likely N-dealkylation sites (tertiary alicyclic amines) is 1. The molecule has 7 nitrogen and oxygen atoms in total. The summed E-state index contributed by atoms with van der Waals surface area (Å²) in [6.07, 6.45) is 2.75. The summed E-state index contributed by atoms with van der Waals surface area (Å²) in [6, 6.07) is 6.50. The largest absolute Gasteiger partial charge is 0.444 e. The van der Waals surface area contributed by atoms with Gasteiger partial charge >= 0.3 is 6.09 Å². The zero-order chi connectivity index (χ0) is 20.9. The van der Waals surface area contributed by atoms with Gasteiger partial charge in [-0.2, -0.15) is 0 Å². The third-order valence-corrected chi connectivity index (χ3v) is 5.82. The predicted molar refractivity (Wildman–Crippen MR) is 109 cm³/mol.